The average Bonchev–Trinajstić information content (AvgIpc) is 3.20. The minimum atomic E-state index is -0.715. The number of likely N-dealkylation sites (tertiary alicyclic amines) is 1. The molecule has 2 heterocycles. The first-order valence-corrected chi connectivity index (χ1v) is 8.37. The van der Waals surface area contributed by atoms with Crippen LogP contribution in [0.4, 0.5) is 0 Å². The second kappa shape index (κ2) is 7.79. The van der Waals surface area contributed by atoms with Crippen molar-refractivity contribution in [3.8, 4) is 0 Å². The number of carbonyl (C=O) groups excluding carboxylic acids is 3. The van der Waals surface area contributed by atoms with Crippen LogP contribution < -0.4 is 5.32 Å². The number of nitrogens with one attached hydrogen (secondary N) is 1. The number of nitrogens with zero attached hydrogens (tertiary/aromatic N) is 1. The topological polar surface area (TPSA) is 79.6 Å². The van der Waals surface area contributed by atoms with Gasteiger partial charge in [0.2, 0.25) is 5.91 Å². The highest BCUT2D eigenvalue weighted by molar-refractivity contribution is 6.42. The molecule has 3 rings (SSSR count). The Labute approximate surface area is 145 Å². The molecule has 130 valence electrons. The average molecular weight is 340 g/mol. The van der Waals surface area contributed by atoms with Crippen molar-refractivity contribution in [3.63, 3.8) is 0 Å². The molecule has 1 fully saturated rings. The highest BCUT2D eigenvalue weighted by atomic mass is 16.3. The van der Waals surface area contributed by atoms with Crippen molar-refractivity contribution in [2.24, 2.45) is 0 Å². The van der Waals surface area contributed by atoms with Crippen LogP contribution in [0.15, 0.2) is 53.1 Å². The lowest BCUT2D eigenvalue weighted by Crippen LogP contribution is -2.53. The predicted molar refractivity (Wildman–Crippen MR) is 90.7 cm³/mol. The van der Waals surface area contributed by atoms with E-state index in [-0.39, 0.29) is 11.7 Å². The number of rotatable bonds is 5. The molecule has 0 unspecified atom stereocenters. The normalized spacial score (nSPS) is 17.1. The third-order valence-electron chi connectivity index (χ3n) is 4.32. The molecule has 1 atom stereocenters. The summed E-state index contributed by atoms with van der Waals surface area (Å²) in [5.41, 5.74) is 0.983. The molecule has 1 saturated heterocycles. The Bertz CT molecular complexity index is 740. The van der Waals surface area contributed by atoms with Gasteiger partial charge in [-0.25, -0.2) is 0 Å². The third kappa shape index (κ3) is 3.96. The van der Waals surface area contributed by atoms with E-state index in [2.05, 4.69) is 5.32 Å². The van der Waals surface area contributed by atoms with Crippen molar-refractivity contribution in [3.05, 3.63) is 60.1 Å². The number of benzene rings is 1. The fraction of sp³-hybridized carbons (Fsp3) is 0.316. The maximum absolute atomic E-state index is 12.6. The number of piperidine rings is 1. The lowest BCUT2D eigenvalue weighted by molar-refractivity contribution is -0.139. The van der Waals surface area contributed by atoms with Crippen molar-refractivity contribution < 1.29 is 18.8 Å². The molecule has 2 aromatic rings. The van der Waals surface area contributed by atoms with Gasteiger partial charge in [0.15, 0.2) is 5.76 Å². The van der Waals surface area contributed by atoms with Gasteiger partial charge in [0.05, 0.1) is 6.26 Å². The molecule has 6 nitrogen and oxygen atoms in total. The summed E-state index contributed by atoms with van der Waals surface area (Å²) in [6, 6.07) is 11.9. The minimum absolute atomic E-state index is 0.000910. The first-order chi connectivity index (χ1) is 12.2. The highest BCUT2D eigenvalue weighted by Crippen LogP contribution is 2.19. The van der Waals surface area contributed by atoms with Crippen LogP contribution in [0.1, 0.15) is 35.4 Å². The second-order valence-corrected chi connectivity index (χ2v) is 6.02. The van der Waals surface area contributed by atoms with Crippen molar-refractivity contribution in [1.29, 1.82) is 0 Å². The second-order valence-electron chi connectivity index (χ2n) is 6.02. The van der Waals surface area contributed by atoms with E-state index in [1.165, 1.54) is 17.2 Å². The summed E-state index contributed by atoms with van der Waals surface area (Å²) in [5, 5.41) is 2.86. The van der Waals surface area contributed by atoms with Gasteiger partial charge in [0, 0.05) is 13.1 Å². The van der Waals surface area contributed by atoms with Crippen LogP contribution in [0, 0.1) is 0 Å². The molecule has 6 heteroatoms. The smallest absolute Gasteiger partial charge is 0.299 e. The number of hydrogen-bond donors (Lipinski definition) is 1. The van der Waals surface area contributed by atoms with Crippen molar-refractivity contribution in [2.45, 2.75) is 31.8 Å². The minimum Gasteiger partial charge on any atom is -0.461 e. The third-order valence-corrected chi connectivity index (χ3v) is 4.32. The molecule has 0 radical (unpaired) electrons. The summed E-state index contributed by atoms with van der Waals surface area (Å²) in [5.74, 6) is -1.63. The SMILES string of the molecule is O=C(C(=O)N1CCCC[C@H]1C(=O)NCc1ccccc1)c1ccco1. The number of hydrogen-bond acceptors (Lipinski definition) is 4. The van der Waals surface area contributed by atoms with Gasteiger partial charge in [0.1, 0.15) is 6.04 Å². The Balaban J connectivity index is 1.66. The van der Waals surface area contributed by atoms with E-state index in [1.54, 1.807) is 6.07 Å². The summed E-state index contributed by atoms with van der Waals surface area (Å²) >= 11 is 0. The van der Waals surface area contributed by atoms with E-state index in [0.717, 1.165) is 18.4 Å². The molecule has 1 aliphatic heterocycles. The maximum Gasteiger partial charge on any atom is 0.299 e. The quantitative estimate of drug-likeness (QED) is 0.668. The molecular formula is C19H20N2O4. The van der Waals surface area contributed by atoms with E-state index in [9.17, 15) is 14.4 Å². The molecular weight excluding hydrogens is 320 g/mol. The van der Waals surface area contributed by atoms with Crippen molar-refractivity contribution >= 4 is 17.6 Å². The molecule has 1 aliphatic rings. The van der Waals surface area contributed by atoms with Crippen LogP contribution >= 0.6 is 0 Å². The van der Waals surface area contributed by atoms with Gasteiger partial charge in [0.25, 0.3) is 11.7 Å². The maximum atomic E-state index is 12.6. The van der Waals surface area contributed by atoms with Crippen LogP contribution in [-0.2, 0) is 16.1 Å². The molecule has 2 amide bonds. The summed E-state index contributed by atoms with van der Waals surface area (Å²) in [7, 11) is 0. The van der Waals surface area contributed by atoms with E-state index >= 15 is 0 Å². The van der Waals surface area contributed by atoms with Gasteiger partial charge >= 0.3 is 0 Å². The summed E-state index contributed by atoms with van der Waals surface area (Å²) in [6.45, 7) is 0.791. The molecule has 0 aliphatic carbocycles. The first-order valence-electron chi connectivity index (χ1n) is 8.37. The monoisotopic (exact) mass is 340 g/mol. The van der Waals surface area contributed by atoms with Crippen molar-refractivity contribution in [2.75, 3.05) is 6.54 Å². The Morgan fingerprint density at radius 3 is 2.60 bits per heavy atom. The Kier molecular flexibility index (Phi) is 5.28. The van der Waals surface area contributed by atoms with Gasteiger partial charge in [-0.3, -0.25) is 14.4 Å². The standard InChI is InChI=1S/C19H20N2O4/c22-17(16-10-6-12-25-16)19(24)21-11-5-4-9-15(21)18(23)20-13-14-7-2-1-3-8-14/h1-3,6-8,10,12,15H,4-5,9,11,13H2,(H,20,23)/t15-/m0/s1. The predicted octanol–water partition coefficient (Wildman–Crippen LogP) is 2.16. The van der Waals surface area contributed by atoms with Crippen LogP contribution in [0.3, 0.4) is 0 Å². The first kappa shape index (κ1) is 17.0. The molecule has 0 saturated carbocycles. The van der Waals surface area contributed by atoms with Gasteiger partial charge < -0.3 is 14.6 Å². The number of Topliss-reactive ketones (excluding diaryl/α,β-unsaturated/α-hetero) is 1. The van der Waals surface area contributed by atoms with E-state index in [1.807, 2.05) is 30.3 Å². The van der Waals surface area contributed by atoms with Crippen LogP contribution in [-0.4, -0.2) is 35.1 Å². The van der Waals surface area contributed by atoms with Gasteiger partial charge in [-0.15, -0.1) is 0 Å². The zero-order valence-electron chi connectivity index (χ0n) is 13.8. The van der Waals surface area contributed by atoms with E-state index in [4.69, 9.17) is 4.42 Å². The largest absolute Gasteiger partial charge is 0.461 e. The van der Waals surface area contributed by atoms with E-state index in [0.29, 0.717) is 19.5 Å². The number of carbonyl (C=O) groups is 3. The zero-order chi connectivity index (χ0) is 17.6. The molecule has 1 N–H and O–H groups in total. The zero-order valence-corrected chi connectivity index (χ0v) is 13.8. The number of amides is 2. The lowest BCUT2D eigenvalue weighted by Gasteiger charge is -2.34. The molecule has 25 heavy (non-hydrogen) atoms. The van der Waals surface area contributed by atoms with Crippen LogP contribution in [0.25, 0.3) is 0 Å². The fourth-order valence-corrected chi connectivity index (χ4v) is 2.99. The fourth-order valence-electron chi connectivity index (χ4n) is 2.99. The van der Waals surface area contributed by atoms with Gasteiger partial charge in [-0.2, -0.15) is 0 Å². The molecule has 0 bridgehead atoms. The van der Waals surface area contributed by atoms with Crippen LogP contribution in [0.2, 0.25) is 0 Å². The molecule has 1 aromatic heterocycles. The van der Waals surface area contributed by atoms with Crippen molar-refractivity contribution in [1.82, 2.24) is 10.2 Å². The molecule has 0 spiro atoms. The van der Waals surface area contributed by atoms with Crippen LogP contribution in [0.5, 0.6) is 0 Å². The van der Waals surface area contributed by atoms with Gasteiger partial charge in [-0.05, 0) is 37.0 Å². The lowest BCUT2D eigenvalue weighted by atomic mass is 10.00. The molecule has 1 aromatic carbocycles. The highest BCUT2D eigenvalue weighted by Gasteiger charge is 2.36. The summed E-state index contributed by atoms with van der Waals surface area (Å²) < 4.78 is 5.01. The number of furan rings is 1. The summed E-state index contributed by atoms with van der Waals surface area (Å²) in [6.07, 6.45) is 3.53. The van der Waals surface area contributed by atoms with Gasteiger partial charge in [-0.1, -0.05) is 30.3 Å². The Morgan fingerprint density at radius 2 is 1.88 bits per heavy atom. The Hall–Kier alpha value is -2.89. The number of ketones is 1. The van der Waals surface area contributed by atoms with E-state index < -0.39 is 17.7 Å². The Morgan fingerprint density at radius 1 is 1.08 bits per heavy atom. The summed E-state index contributed by atoms with van der Waals surface area (Å²) in [4.78, 5) is 38.7.